The van der Waals surface area contributed by atoms with Crippen molar-refractivity contribution in [3.63, 3.8) is 0 Å². The molecule has 0 radical (unpaired) electrons. The second kappa shape index (κ2) is 5.47. The van der Waals surface area contributed by atoms with E-state index < -0.39 is 0 Å². The first-order valence-electron chi connectivity index (χ1n) is 5.24. The van der Waals surface area contributed by atoms with Gasteiger partial charge in [-0.25, -0.2) is 0 Å². The summed E-state index contributed by atoms with van der Waals surface area (Å²) in [4.78, 5) is 12.8. The second-order valence-electron chi connectivity index (χ2n) is 3.80. The van der Waals surface area contributed by atoms with Gasteiger partial charge in [0.25, 0.3) is 0 Å². The van der Waals surface area contributed by atoms with Crippen LogP contribution < -0.4 is 5.32 Å². The van der Waals surface area contributed by atoms with Gasteiger partial charge in [-0.3, -0.25) is 4.79 Å². The monoisotopic (exact) mass is 309 g/mol. The minimum atomic E-state index is 0.0169. The van der Waals surface area contributed by atoms with Crippen LogP contribution in [0.3, 0.4) is 0 Å². The molecule has 88 valence electrons. The van der Waals surface area contributed by atoms with E-state index in [1.54, 1.807) is 11.3 Å². The highest BCUT2D eigenvalue weighted by Crippen LogP contribution is 2.22. The molecule has 0 spiro atoms. The van der Waals surface area contributed by atoms with E-state index in [0.29, 0.717) is 6.42 Å². The molecule has 1 aromatic heterocycles. The van der Waals surface area contributed by atoms with Gasteiger partial charge in [-0.1, -0.05) is 17.7 Å². The Balaban J connectivity index is 1.95. The highest BCUT2D eigenvalue weighted by Gasteiger charge is 2.05. The van der Waals surface area contributed by atoms with E-state index in [9.17, 15) is 4.79 Å². The van der Waals surface area contributed by atoms with Crippen molar-refractivity contribution in [2.45, 2.75) is 13.3 Å². The molecule has 0 saturated heterocycles. The Hall–Kier alpha value is -1.13. The lowest BCUT2D eigenvalue weighted by Crippen LogP contribution is -2.13. The SMILES string of the molecule is Cc1ccc(NC(=O)Cc2ccc(Br)s2)cc1. The number of carbonyl (C=O) groups excluding carboxylic acids is 1. The molecule has 2 nitrogen and oxygen atoms in total. The molecule has 0 atom stereocenters. The average Bonchev–Trinajstić information content (AvgIpc) is 2.67. The third-order valence-corrected chi connectivity index (χ3v) is 3.92. The molecule has 0 aliphatic rings. The van der Waals surface area contributed by atoms with E-state index in [1.807, 2.05) is 43.3 Å². The lowest BCUT2D eigenvalue weighted by Gasteiger charge is -2.04. The number of nitrogens with one attached hydrogen (secondary N) is 1. The molecule has 17 heavy (non-hydrogen) atoms. The molecule has 0 saturated carbocycles. The van der Waals surface area contributed by atoms with Crippen LogP contribution in [0.15, 0.2) is 40.2 Å². The van der Waals surface area contributed by atoms with Crippen molar-refractivity contribution in [2.75, 3.05) is 5.32 Å². The summed E-state index contributed by atoms with van der Waals surface area (Å²) in [6.07, 6.45) is 0.421. The van der Waals surface area contributed by atoms with Crippen molar-refractivity contribution >= 4 is 38.9 Å². The number of benzene rings is 1. The molecular formula is C13H12BrNOS. The van der Waals surface area contributed by atoms with Crippen LogP contribution in [0.25, 0.3) is 0 Å². The predicted octanol–water partition coefficient (Wildman–Crippen LogP) is 4.00. The van der Waals surface area contributed by atoms with Gasteiger partial charge in [0.05, 0.1) is 10.2 Å². The first kappa shape index (κ1) is 12.3. The summed E-state index contributed by atoms with van der Waals surface area (Å²) in [5.41, 5.74) is 2.03. The zero-order valence-electron chi connectivity index (χ0n) is 9.37. The molecule has 0 aliphatic heterocycles. The van der Waals surface area contributed by atoms with Crippen LogP contribution in [0.1, 0.15) is 10.4 Å². The third-order valence-electron chi connectivity index (χ3n) is 2.30. The largest absolute Gasteiger partial charge is 0.326 e. The minimum Gasteiger partial charge on any atom is -0.326 e. The number of hydrogen-bond donors (Lipinski definition) is 1. The topological polar surface area (TPSA) is 29.1 Å². The summed E-state index contributed by atoms with van der Waals surface area (Å²) in [5, 5.41) is 2.88. The Morgan fingerprint density at radius 2 is 1.94 bits per heavy atom. The third kappa shape index (κ3) is 3.68. The van der Waals surface area contributed by atoms with Gasteiger partial charge in [0.1, 0.15) is 0 Å². The van der Waals surface area contributed by atoms with Crippen LogP contribution in [-0.4, -0.2) is 5.91 Å². The number of hydrogen-bond acceptors (Lipinski definition) is 2. The molecule has 4 heteroatoms. The molecule has 0 fully saturated rings. The summed E-state index contributed by atoms with van der Waals surface area (Å²) >= 11 is 4.97. The number of rotatable bonds is 3. The fourth-order valence-electron chi connectivity index (χ4n) is 1.45. The Morgan fingerprint density at radius 3 is 2.53 bits per heavy atom. The van der Waals surface area contributed by atoms with Crippen molar-refractivity contribution in [3.05, 3.63) is 50.6 Å². The Kier molecular flexibility index (Phi) is 3.97. The number of amides is 1. The lowest BCUT2D eigenvalue weighted by atomic mass is 10.2. The summed E-state index contributed by atoms with van der Waals surface area (Å²) < 4.78 is 1.05. The zero-order chi connectivity index (χ0) is 12.3. The van der Waals surface area contributed by atoms with E-state index in [2.05, 4.69) is 21.2 Å². The summed E-state index contributed by atoms with van der Waals surface area (Å²) in [7, 11) is 0. The summed E-state index contributed by atoms with van der Waals surface area (Å²) in [6, 6.07) is 11.7. The smallest absolute Gasteiger partial charge is 0.229 e. The molecule has 2 rings (SSSR count). The van der Waals surface area contributed by atoms with Crippen LogP contribution in [0, 0.1) is 6.92 Å². The van der Waals surface area contributed by atoms with Gasteiger partial charge >= 0.3 is 0 Å². The number of thiophene rings is 1. The molecule has 2 aromatic rings. The van der Waals surface area contributed by atoms with Gasteiger partial charge in [-0.2, -0.15) is 0 Å². The van der Waals surface area contributed by atoms with E-state index in [-0.39, 0.29) is 5.91 Å². The number of halogens is 1. The van der Waals surface area contributed by atoms with Crippen molar-refractivity contribution in [2.24, 2.45) is 0 Å². The molecule has 1 amide bonds. The fourth-order valence-corrected chi connectivity index (χ4v) is 2.93. The second-order valence-corrected chi connectivity index (χ2v) is 6.34. The maximum absolute atomic E-state index is 11.8. The normalized spacial score (nSPS) is 10.2. The van der Waals surface area contributed by atoms with Gasteiger partial charge in [0.15, 0.2) is 0 Å². The van der Waals surface area contributed by atoms with Gasteiger partial charge in [0.2, 0.25) is 5.91 Å². The van der Waals surface area contributed by atoms with E-state index in [4.69, 9.17) is 0 Å². The zero-order valence-corrected chi connectivity index (χ0v) is 11.8. The molecule has 0 bridgehead atoms. The van der Waals surface area contributed by atoms with Crippen molar-refractivity contribution in [3.8, 4) is 0 Å². The molecule has 1 heterocycles. The van der Waals surface area contributed by atoms with Gasteiger partial charge in [-0.15, -0.1) is 11.3 Å². The Labute approximate surface area is 113 Å². The lowest BCUT2D eigenvalue weighted by molar-refractivity contribution is -0.115. The van der Waals surface area contributed by atoms with Crippen molar-refractivity contribution in [1.82, 2.24) is 0 Å². The van der Waals surface area contributed by atoms with Gasteiger partial charge in [-0.05, 0) is 47.1 Å². The number of aryl methyl sites for hydroxylation is 1. The van der Waals surface area contributed by atoms with Crippen LogP contribution in [-0.2, 0) is 11.2 Å². The molecule has 1 N–H and O–H groups in total. The summed E-state index contributed by atoms with van der Waals surface area (Å²) in [6.45, 7) is 2.02. The molecule has 0 unspecified atom stereocenters. The van der Waals surface area contributed by atoms with Crippen LogP contribution in [0.5, 0.6) is 0 Å². The first-order chi connectivity index (χ1) is 8.13. The number of anilines is 1. The van der Waals surface area contributed by atoms with E-state index >= 15 is 0 Å². The standard InChI is InChI=1S/C13H12BrNOS/c1-9-2-4-10(5-3-9)15-13(16)8-11-6-7-12(14)17-11/h2-7H,8H2,1H3,(H,15,16). The molecule has 1 aromatic carbocycles. The Bertz CT molecular complexity index is 518. The minimum absolute atomic E-state index is 0.0169. The van der Waals surface area contributed by atoms with Gasteiger partial charge < -0.3 is 5.32 Å². The average molecular weight is 310 g/mol. The maximum Gasteiger partial charge on any atom is 0.229 e. The predicted molar refractivity (Wildman–Crippen MR) is 75.5 cm³/mol. The Morgan fingerprint density at radius 1 is 1.24 bits per heavy atom. The maximum atomic E-state index is 11.8. The molecule has 0 aliphatic carbocycles. The summed E-state index contributed by atoms with van der Waals surface area (Å²) in [5.74, 6) is 0.0169. The van der Waals surface area contributed by atoms with Crippen LogP contribution in [0.2, 0.25) is 0 Å². The van der Waals surface area contributed by atoms with Crippen LogP contribution >= 0.6 is 27.3 Å². The first-order valence-corrected chi connectivity index (χ1v) is 6.85. The van der Waals surface area contributed by atoms with Crippen LogP contribution in [0.4, 0.5) is 5.69 Å². The van der Waals surface area contributed by atoms with Crippen molar-refractivity contribution in [1.29, 1.82) is 0 Å². The quantitative estimate of drug-likeness (QED) is 0.912. The van der Waals surface area contributed by atoms with Crippen molar-refractivity contribution < 1.29 is 4.79 Å². The highest BCUT2D eigenvalue weighted by molar-refractivity contribution is 9.11. The highest BCUT2D eigenvalue weighted by atomic mass is 79.9. The molecular weight excluding hydrogens is 298 g/mol. The number of carbonyl (C=O) groups is 1. The van der Waals surface area contributed by atoms with Gasteiger partial charge in [0, 0.05) is 10.6 Å². The fraction of sp³-hybridized carbons (Fsp3) is 0.154. The van der Waals surface area contributed by atoms with E-state index in [1.165, 1.54) is 5.56 Å². The van der Waals surface area contributed by atoms with E-state index in [0.717, 1.165) is 14.4 Å².